The summed E-state index contributed by atoms with van der Waals surface area (Å²) < 4.78 is 8.02. The Bertz CT molecular complexity index is 637. The molecule has 0 spiro atoms. The van der Waals surface area contributed by atoms with Gasteiger partial charge in [-0.05, 0) is 55.7 Å². The molecule has 0 aliphatic carbocycles. The van der Waals surface area contributed by atoms with Gasteiger partial charge in [0.15, 0.2) is 0 Å². The minimum atomic E-state index is 0.282. The molecule has 2 nitrogen and oxygen atoms in total. The molecule has 0 amide bonds. The lowest BCUT2D eigenvalue weighted by molar-refractivity contribution is 0.316. The first-order valence-corrected chi connectivity index (χ1v) is 8.66. The molecule has 1 heterocycles. The van der Waals surface area contributed by atoms with E-state index in [1.165, 1.54) is 11.1 Å². The van der Waals surface area contributed by atoms with Crippen LogP contribution in [0.2, 0.25) is 0 Å². The SMILES string of the molecule is Cc1cc(Br)cc(NC2CCCOc3cc(Br)ccc32)c1. The van der Waals surface area contributed by atoms with Crippen LogP contribution in [-0.2, 0) is 0 Å². The van der Waals surface area contributed by atoms with E-state index in [1.54, 1.807) is 0 Å². The molecule has 0 saturated carbocycles. The van der Waals surface area contributed by atoms with Crippen molar-refractivity contribution < 1.29 is 4.74 Å². The molecule has 1 aliphatic rings. The van der Waals surface area contributed by atoms with E-state index in [4.69, 9.17) is 4.74 Å². The quantitative estimate of drug-likeness (QED) is 0.670. The van der Waals surface area contributed by atoms with E-state index < -0.39 is 0 Å². The van der Waals surface area contributed by atoms with Gasteiger partial charge in [0.05, 0.1) is 12.6 Å². The van der Waals surface area contributed by atoms with Crippen molar-refractivity contribution in [1.29, 1.82) is 0 Å². The maximum Gasteiger partial charge on any atom is 0.125 e. The fourth-order valence-corrected chi connectivity index (χ4v) is 3.66. The van der Waals surface area contributed by atoms with Gasteiger partial charge in [-0.1, -0.05) is 37.9 Å². The van der Waals surface area contributed by atoms with Crippen LogP contribution in [0.5, 0.6) is 5.75 Å². The first-order chi connectivity index (χ1) is 10.1. The van der Waals surface area contributed by atoms with Crippen molar-refractivity contribution in [3.8, 4) is 5.75 Å². The van der Waals surface area contributed by atoms with Gasteiger partial charge < -0.3 is 10.1 Å². The zero-order chi connectivity index (χ0) is 14.8. The Balaban J connectivity index is 1.91. The summed E-state index contributed by atoms with van der Waals surface area (Å²) in [4.78, 5) is 0. The zero-order valence-electron chi connectivity index (χ0n) is 11.8. The van der Waals surface area contributed by atoms with Crippen molar-refractivity contribution in [3.05, 3.63) is 56.5 Å². The molecule has 2 aromatic carbocycles. The lowest BCUT2D eigenvalue weighted by Crippen LogP contribution is -2.10. The van der Waals surface area contributed by atoms with Gasteiger partial charge in [-0.2, -0.15) is 0 Å². The van der Waals surface area contributed by atoms with Crippen LogP contribution >= 0.6 is 31.9 Å². The van der Waals surface area contributed by atoms with E-state index >= 15 is 0 Å². The Kier molecular flexibility index (Phi) is 4.55. The molecular weight excluding hydrogens is 394 g/mol. The minimum absolute atomic E-state index is 0.282. The van der Waals surface area contributed by atoms with Gasteiger partial charge in [-0.25, -0.2) is 0 Å². The number of hydrogen-bond acceptors (Lipinski definition) is 2. The van der Waals surface area contributed by atoms with E-state index in [0.29, 0.717) is 0 Å². The Morgan fingerprint density at radius 1 is 1.10 bits per heavy atom. The number of nitrogens with one attached hydrogen (secondary N) is 1. The van der Waals surface area contributed by atoms with E-state index in [-0.39, 0.29) is 6.04 Å². The third-order valence-corrected chi connectivity index (χ3v) is 4.58. The van der Waals surface area contributed by atoms with Gasteiger partial charge in [0.1, 0.15) is 5.75 Å². The maximum atomic E-state index is 5.87. The van der Waals surface area contributed by atoms with E-state index in [2.05, 4.69) is 80.5 Å². The lowest BCUT2D eigenvalue weighted by atomic mass is 10.0. The highest BCUT2D eigenvalue weighted by Gasteiger charge is 2.20. The Labute approximate surface area is 142 Å². The van der Waals surface area contributed by atoms with Gasteiger partial charge in [-0.15, -0.1) is 0 Å². The fourth-order valence-electron chi connectivity index (χ4n) is 2.72. The van der Waals surface area contributed by atoms with Crippen molar-refractivity contribution in [3.63, 3.8) is 0 Å². The highest BCUT2D eigenvalue weighted by atomic mass is 79.9. The number of ether oxygens (including phenoxy) is 1. The second-order valence-electron chi connectivity index (χ2n) is 5.39. The largest absolute Gasteiger partial charge is 0.493 e. The third kappa shape index (κ3) is 3.61. The Hall–Kier alpha value is -1.00. The van der Waals surface area contributed by atoms with Crippen LogP contribution in [0.3, 0.4) is 0 Å². The predicted molar refractivity (Wildman–Crippen MR) is 94.1 cm³/mol. The number of halogens is 2. The van der Waals surface area contributed by atoms with Crippen LogP contribution in [0.25, 0.3) is 0 Å². The number of hydrogen-bond donors (Lipinski definition) is 1. The molecule has 0 fully saturated rings. The molecule has 0 saturated heterocycles. The monoisotopic (exact) mass is 409 g/mol. The molecule has 1 N–H and O–H groups in total. The summed E-state index contributed by atoms with van der Waals surface area (Å²) in [6.07, 6.45) is 2.12. The van der Waals surface area contributed by atoms with Crippen LogP contribution in [0, 0.1) is 6.92 Å². The number of anilines is 1. The fraction of sp³-hybridized carbons (Fsp3) is 0.294. The maximum absolute atomic E-state index is 5.87. The van der Waals surface area contributed by atoms with Crippen molar-refractivity contribution in [2.45, 2.75) is 25.8 Å². The summed E-state index contributed by atoms with van der Waals surface area (Å²) in [5.41, 5.74) is 3.61. The summed E-state index contributed by atoms with van der Waals surface area (Å²) in [7, 11) is 0. The topological polar surface area (TPSA) is 21.3 Å². The van der Waals surface area contributed by atoms with Crippen LogP contribution in [0.15, 0.2) is 45.3 Å². The molecule has 1 unspecified atom stereocenters. The van der Waals surface area contributed by atoms with Crippen LogP contribution < -0.4 is 10.1 Å². The van der Waals surface area contributed by atoms with Crippen LogP contribution in [-0.4, -0.2) is 6.61 Å². The van der Waals surface area contributed by atoms with Crippen molar-refractivity contribution in [2.75, 3.05) is 11.9 Å². The zero-order valence-corrected chi connectivity index (χ0v) is 15.0. The van der Waals surface area contributed by atoms with E-state index in [0.717, 1.165) is 39.8 Å². The average molecular weight is 411 g/mol. The van der Waals surface area contributed by atoms with E-state index in [9.17, 15) is 0 Å². The molecule has 3 rings (SSSR count). The Morgan fingerprint density at radius 2 is 1.95 bits per heavy atom. The molecule has 0 aromatic heterocycles. The molecule has 1 aliphatic heterocycles. The van der Waals surface area contributed by atoms with Gasteiger partial charge in [0, 0.05) is 20.2 Å². The molecule has 0 radical (unpaired) electrons. The molecule has 0 bridgehead atoms. The molecule has 2 aromatic rings. The van der Waals surface area contributed by atoms with E-state index in [1.807, 2.05) is 0 Å². The number of aryl methyl sites for hydroxylation is 1. The number of rotatable bonds is 2. The lowest BCUT2D eigenvalue weighted by Gasteiger charge is -2.20. The normalized spacial score (nSPS) is 17.6. The van der Waals surface area contributed by atoms with Crippen molar-refractivity contribution in [1.82, 2.24) is 0 Å². The predicted octanol–water partition coefficient (Wildman–Crippen LogP) is 5.85. The van der Waals surface area contributed by atoms with Crippen LogP contribution in [0.4, 0.5) is 5.69 Å². The van der Waals surface area contributed by atoms with Gasteiger partial charge >= 0.3 is 0 Å². The third-order valence-electron chi connectivity index (χ3n) is 3.63. The summed E-state index contributed by atoms with van der Waals surface area (Å²) in [6, 6.07) is 13.0. The van der Waals surface area contributed by atoms with Crippen LogP contribution in [0.1, 0.15) is 30.0 Å². The van der Waals surface area contributed by atoms with Crippen molar-refractivity contribution in [2.24, 2.45) is 0 Å². The molecule has 1 atom stereocenters. The average Bonchev–Trinajstić information content (AvgIpc) is 2.60. The number of fused-ring (bicyclic) bond motifs is 1. The first kappa shape index (κ1) is 14.9. The molecule has 21 heavy (non-hydrogen) atoms. The summed E-state index contributed by atoms with van der Waals surface area (Å²) >= 11 is 7.08. The second kappa shape index (κ2) is 6.41. The van der Waals surface area contributed by atoms with Gasteiger partial charge in [-0.3, -0.25) is 0 Å². The minimum Gasteiger partial charge on any atom is -0.493 e. The summed E-state index contributed by atoms with van der Waals surface area (Å²) in [6.45, 7) is 2.89. The highest BCUT2D eigenvalue weighted by molar-refractivity contribution is 9.10. The summed E-state index contributed by atoms with van der Waals surface area (Å²) in [5, 5.41) is 3.65. The van der Waals surface area contributed by atoms with Gasteiger partial charge in [0.2, 0.25) is 0 Å². The molecule has 110 valence electrons. The molecular formula is C17H17Br2NO. The van der Waals surface area contributed by atoms with Gasteiger partial charge in [0.25, 0.3) is 0 Å². The van der Waals surface area contributed by atoms with Crippen molar-refractivity contribution >= 4 is 37.5 Å². The number of benzene rings is 2. The standard InChI is InChI=1S/C17H17Br2NO/c1-11-7-13(19)9-14(8-11)20-16-3-2-6-21-17-10-12(18)4-5-15(16)17/h4-5,7-10,16,20H,2-3,6H2,1H3. The molecule has 4 heteroatoms. The smallest absolute Gasteiger partial charge is 0.125 e. The second-order valence-corrected chi connectivity index (χ2v) is 7.22. The Morgan fingerprint density at radius 3 is 2.76 bits per heavy atom. The first-order valence-electron chi connectivity index (χ1n) is 7.08. The highest BCUT2D eigenvalue weighted by Crippen LogP contribution is 2.36. The summed E-state index contributed by atoms with van der Waals surface area (Å²) in [5.74, 6) is 0.978.